The topological polar surface area (TPSA) is 49.0 Å². The van der Waals surface area contributed by atoms with Gasteiger partial charge in [0.15, 0.2) is 0 Å². The maximum Gasteiger partial charge on any atom is 0.285 e. The van der Waals surface area contributed by atoms with E-state index < -0.39 is 0 Å². The molecule has 0 bridgehead atoms. The highest BCUT2D eigenvalue weighted by Gasteiger charge is 2.29. The van der Waals surface area contributed by atoms with Crippen molar-refractivity contribution in [3.8, 4) is 0 Å². The second kappa shape index (κ2) is 5.53. The lowest BCUT2D eigenvalue weighted by atomic mass is 9.97. The SMILES string of the molecule is Cc1ccc(C)c(C2CCCN2c2cn[nH]c(=O)c2Cl)c1. The number of nitrogens with zero attached hydrogens (tertiary/aromatic N) is 2. The molecule has 0 aliphatic carbocycles. The van der Waals surface area contributed by atoms with E-state index in [1.54, 1.807) is 6.20 Å². The Labute approximate surface area is 128 Å². The fourth-order valence-electron chi connectivity index (χ4n) is 3.07. The molecule has 1 unspecified atom stereocenters. The first-order valence-corrected chi connectivity index (χ1v) is 7.52. The maximum atomic E-state index is 11.7. The summed E-state index contributed by atoms with van der Waals surface area (Å²) in [5, 5.41) is 6.49. The van der Waals surface area contributed by atoms with Gasteiger partial charge in [-0.05, 0) is 37.8 Å². The molecule has 1 aliphatic rings. The minimum atomic E-state index is -0.333. The molecule has 4 nitrogen and oxygen atoms in total. The Bertz CT molecular complexity index is 726. The lowest BCUT2D eigenvalue weighted by molar-refractivity contribution is 0.710. The van der Waals surface area contributed by atoms with E-state index in [0.717, 1.165) is 25.1 Å². The maximum absolute atomic E-state index is 11.7. The van der Waals surface area contributed by atoms with Crippen molar-refractivity contribution in [2.45, 2.75) is 32.7 Å². The van der Waals surface area contributed by atoms with E-state index in [2.05, 4.69) is 47.1 Å². The Morgan fingerprint density at radius 2 is 2.19 bits per heavy atom. The van der Waals surface area contributed by atoms with Crippen LogP contribution in [0.4, 0.5) is 5.69 Å². The van der Waals surface area contributed by atoms with Gasteiger partial charge in [0, 0.05) is 6.54 Å². The summed E-state index contributed by atoms with van der Waals surface area (Å²) in [6.45, 7) is 5.12. The molecule has 0 amide bonds. The van der Waals surface area contributed by atoms with E-state index in [1.807, 2.05) is 0 Å². The van der Waals surface area contributed by atoms with E-state index in [1.165, 1.54) is 16.7 Å². The third-order valence-electron chi connectivity index (χ3n) is 4.13. The summed E-state index contributed by atoms with van der Waals surface area (Å²) in [5.74, 6) is 0. The normalized spacial score (nSPS) is 18.2. The molecule has 2 heterocycles. The molecule has 1 aliphatic heterocycles. The molecule has 0 radical (unpaired) electrons. The van der Waals surface area contributed by atoms with Crippen molar-refractivity contribution < 1.29 is 0 Å². The van der Waals surface area contributed by atoms with Crippen molar-refractivity contribution in [3.63, 3.8) is 0 Å². The van der Waals surface area contributed by atoms with E-state index in [0.29, 0.717) is 0 Å². The highest BCUT2D eigenvalue weighted by atomic mass is 35.5. The van der Waals surface area contributed by atoms with Crippen molar-refractivity contribution in [3.05, 3.63) is 56.5 Å². The quantitative estimate of drug-likeness (QED) is 0.925. The summed E-state index contributed by atoms with van der Waals surface area (Å²) < 4.78 is 0. The predicted molar refractivity (Wildman–Crippen MR) is 85.1 cm³/mol. The van der Waals surface area contributed by atoms with Crippen molar-refractivity contribution in [2.75, 3.05) is 11.4 Å². The van der Waals surface area contributed by atoms with Gasteiger partial charge in [0.25, 0.3) is 5.56 Å². The summed E-state index contributed by atoms with van der Waals surface area (Å²) in [7, 11) is 0. The van der Waals surface area contributed by atoms with E-state index in [-0.39, 0.29) is 16.6 Å². The summed E-state index contributed by atoms with van der Waals surface area (Å²) in [6.07, 6.45) is 3.79. The molecule has 110 valence electrons. The van der Waals surface area contributed by atoms with Crippen molar-refractivity contribution >= 4 is 17.3 Å². The van der Waals surface area contributed by atoms with Crippen LogP contribution in [0.3, 0.4) is 0 Å². The Hall–Kier alpha value is -1.81. The molecule has 1 fully saturated rings. The van der Waals surface area contributed by atoms with Gasteiger partial charge < -0.3 is 4.90 Å². The summed E-state index contributed by atoms with van der Waals surface area (Å²) in [6, 6.07) is 6.76. The Morgan fingerprint density at radius 1 is 1.38 bits per heavy atom. The molecule has 1 aromatic carbocycles. The number of aromatic amines is 1. The smallest absolute Gasteiger partial charge is 0.285 e. The minimum absolute atomic E-state index is 0.224. The number of hydrogen-bond acceptors (Lipinski definition) is 3. The zero-order valence-corrected chi connectivity index (χ0v) is 12.9. The lowest BCUT2D eigenvalue weighted by Crippen LogP contribution is -2.26. The van der Waals surface area contributed by atoms with Gasteiger partial charge in [0.2, 0.25) is 0 Å². The molecular weight excluding hydrogens is 286 g/mol. The lowest BCUT2D eigenvalue weighted by Gasteiger charge is -2.28. The van der Waals surface area contributed by atoms with Crippen LogP contribution in [0.5, 0.6) is 0 Å². The molecule has 1 N–H and O–H groups in total. The molecule has 1 saturated heterocycles. The first kappa shape index (κ1) is 14.1. The van der Waals surface area contributed by atoms with Gasteiger partial charge in [-0.15, -0.1) is 0 Å². The summed E-state index contributed by atoms with van der Waals surface area (Å²) in [4.78, 5) is 13.9. The highest BCUT2D eigenvalue weighted by molar-refractivity contribution is 6.33. The zero-order valence-electron chi connectivity index (χ0n) is 12.2. The number of hydrogen-bond donors (Lipinski definition) is 1. The first-order chi connectivity index (χ1) is 10.1. The van der Waals surface area contributed by atoms with Crippen LogP contribution in [0.15, 0.2) is 29.2 Å². The van der Waals surface area contributed by atoms with Crippen LogP contribution in [-0.2, 0) is 0 Å². The molecule has 21 heavy (non-hydrogen) atoms. The van der Waals surface area contributed by atoms with Gasteiger partial charge in [-0.3, -0.25) is 4.79 Å². The van der Waals surface area contributed by atoms with Gasteiger partial charge in [0.1, 0.15) is 5.02 Å². The molecule has 2 aromatic rings. The highest BCUT2D eigenvalue weighted by Crippen LogP contribution is 2.39. The van der Waals surface area contributed by atoms with Crippen LogP contribution >= 0.6 is 11.6 Å². The second-order valence-electron chi connectivity index (χ2n) is 5.61. The monoisotopic (exact) mass is 303 g/mol. The van der Waals surface area contributed by atoms with E-state index >= 15 is 0 Å². The van der Waals surface area contributed by atoms with Crippen molar-refractivity contribution in [2.24, 2.45) is 0 Å². The van der Waals surface area contributed by atoms with Gasteiger partial charge in [-0.1, -0.05) is 35.4 Å². The minimum Gasteiger partial charge on any atom is -0.362 e. The molecule has 1 aromatic heterocycles. The third kappa shape index (κ3) is 2.56. The number of halogens is 1. The van der Waals surface area contributed by atoms with Gasteiger partial charge in [-0.2, -0.15) is 5.10 Å². The van der Waals surface area contributed by atoms with E-state index in [9.17, 15) is 4.79 Å². The average Bonchev–Trinajstić information content (AvgIpc) is 2.93. The van der Waals surface area contributed by atoms with Crippen LogP contribution in [0.25, 0.3) is 0 Å². The molecule has 5 heteroatoms. The van der Waals surface area contributed by atoms with Crippen molar-refractivity contribution in [1.82, 2.24) is 10.2 Å². The van der Waals surface area contributed by atoms with Crippen molar-refractivity contribution in [1.29, 1.82) is 0 Å². The largest absolute Gasteiger partial charge is 0.362 e. The van der Waals surface area contributed by atoms with Crippen LogP contribution in [0.1, 0.15) is 35.6 Å². The number of aryl methyl sites for hydroxylation is 2. The number of aromatic nitrogens is 2. The van der Waals surface area contributed by atoms with Crippen LogP contribution < -0.4 is 10.5 Å². The fourth-order valence-corrected chi connectivity index (χ4v) is 3.27. The third-order valence-corrected chi connectivity index (χ3v) is 4.50. The zero-order chi connectivity index (χ0) is 15.0. The number of anilines is 1. The molecule has 0 spiro atoms. The van der Waals surface area contributed by atoms with Crippen LogP contribution in [0.2, 0.25) is 5.02 Å². The Balaban J connectivity index is 2.05. The molecule has 3 rings (SSSR count). The standard InChI is InChI=1S/C16H18ClN3O/c1-10-5-6-11(2)12(8-10)13-4-3-7-20(13)14-9-18-19-16(21)15(14)17/h5-6,8-9,13H,3-4,7H2,1-2H3,(H,19,21). The molecular formula is C16H18ClN3O. The molecule has 0 saturated carbocycles. The fraction of sp³-hybridized carbons (Fsp3) is 0.375. The summed E-state index contributed by atoms with van der Waals surface area (Å²) >= 11 is 6.17. The number of benzene rings is 1. The van der Waals surface area contributed by atoms with Gasteiger partial charge in [0.05, 0.1) is 17.9 Å². The average molecular weight is 304 g/mol. The molecule has 1 atom stereocenters. The summed E-state index contributed by atoms with van der Waals surface area (Å²) in [5.41, 5.74) is 4.22. The number of H-pyrrole nitrogens is 1. The number of rotatable bonds is 2. The van der Waals surface area contributed by atoms with Gasteiger partial charge >= 0.3 is 0 Å². The van der Waals surface area contributed by atoms with Gasteiger partial charge in [-0.25, -0.2) is 5.10 Å². The number of nitrogens with one attached hydrogen (secondary N) is 1. The Kier molecular flexibility index (Phi) is 3.72. The first-order valence-electron chi connectivity index (χ1n) is 7.15. The Morgan fingerprint density at radius 3 is 3.00 bits per heavy atom. The van der Waals surface area contributed by atoms with Crippen LogP contribution in [-0.4, -0.2) is 16.7 Å². The second-order valence-corrected chi connectivity index (χ2v) is 5.99. The van der Waals surface area contributed by atoms with Crippen LogP contribution in [0, 0.1) is 13.8 Å². The predicted octanol–water partition coefficient (Wildman–Crippen LogP) is 3.38. The van der Waals surface area contributed by atoms with E-state index in [4.69, 9.17) is 11.6 Å².